The molecule has 1 heterocycles. The fraction of sp³-hybridized carbons (Fsp3) is 0.200. The van der Waals surface area contributed by atoms with E-state index in [2.05, 4.69) is 10.3 Å². The molecule has 6 heteroatoms. The van der Waals surface area contributed by atoms with Crippen LogP contribution < -0.4 is 19.5 Å². The van der Waals surface area contributed by atoms with E-state index in [1.807, 2.05) is 25.1 Å². The Kier molecular flexibility index (Phi) is 4.93. The number of ether oxygens (including phenoxy) is 3. The highest BCUT2D eigenvalue weighted by Gasteiger charge is 2.17. The molecule has 26 heavy (non-hydrogen) atoms. The average molecular weight is 352 g/mol. The smallest absolute Gasteiger partial charge is 0.255 e. The predicted octanol–water partition coefficient (Wildman–Crippen LogP) is 3.82. The summed E-state index contributed by atoms with van der Waals surface area (Å²) in [5, 5.41) is 3.82. The standard InChI is InChI=1S/C20H20N2O4/c1-12-6-5-7-14-15(8-9-21-18(12)14)22-20(23)13-10-16(24-2)19(26-4)17(11-13)25-3/h5-11H,1-4H3,(H,21,22,23). The third-order valence-corrected chi connectivity index (χ3v) is 4.15. The summed E-state index contributed by atoms with van der Waals surface area (Å²) in [6.07, 6.45) is 1.68. The number of aromatic nitrogens is 1. The summed E-state index contributed by atoms with van der Waals surface area (Å²) in [7, 11) is 4.54. The fourth-order valence-electron chi connectivity index (χ4n) is 2.84. The Morgan fingerprint density at radius 1 is 1.00 bits per heavy atom. The largest absolute Gasteiger partial charge is 0.493 e. The SMILES string of the molecule is COc1cc(C(=O)Nc2ccnc3c(C)cccc23)cc(OC)c1OC. The van der Waals surface area contributed by atoms with Gasteiger partial charge in [-0.3, -0.25) is 9.78 Å². The van der Waals surface area contributed by atoms with Crippen molar-refractivity contribution in [2.24, 2.45) is 0 Å². The number of hydrogen-bond acceptors (Lipinski definition) is 5. The number of rotatable bonds is 5. The number of pyridine rings is 1. The zero-order valence-electron chi connectivity index (χ0n) is 15.1. The first-order valence-electron chi connectivity index (χ1n) is 8.04. The Morgan fingerprint density at radius 2 is 1.69 bits per heavy atom. The van der Waals surface area contributed by atoms with Crippen LogP contribution >= 0.6 is 0 Å². The molecule has 1 N–H and O–H groups in total. The van der Waals surface area contributed by atoms with Crippen molar-refractivity contribution in [1.82, 2.24) is 4.98 Å². The molecule has 0 atom stereocenters. The van der Waals surface area contributed by atoms with Crippen molar-refractivity contribution >= 4 is 22.5 Å². The van der Waals surface area contributed by atoms with Gasteiger partial charge < -0.3 is 19.5 Å². The minimum absolute atomic E-state index is 0.279. The van der Waals surface area contributed by atoms with Gasteiger partial charge in [-0.25, -0.2) is 0 Å². The average Bonchev–Trinajstić information content (AvgIpc) is 2.67. The van der Waals surface area contributed by atoms with Crippen LogP contribution in [0.4, 0.5) is 5.69 Å². The molecule has 0 aliphatic rings. The summed E-state index contributed by atoms with van der Waals surface area (Å²) in [5.74, 6) is 1.01. The Balaban J connectivity index is 2.00. The topological polar surface area (TPSA) is 69.7 Å². The molecule has 2 aromatic carbocycles. The maximum absolute atomic E-state index is 12.8. The second kappa shape index (κ2) is 7.31. The summed E-state index contributed by atoms with van der Waals surface area (Å²) in [6.45, 7) is 1.99. The number of carbonyl (C=O) groups excluding carboxylic acids is 1. The molecule has 6 nitrogen and oxygen atoms in total. The van der Waals surface area contributed by atoms with E-state index >= 15 is 0 Å². The summed E-state index contributed by atoms with van der Waals surface area (Å²) in [4.78, 5) is 17.2. The number of aryl methyl sites for hydroxylation is 1. The molecule has 0 fully saturated rings. The van der Waals surface area contributed by atoms with E-state index in [0.29, 0.717) is 28.5 Å². The van der Waals surface area contributed by atoms with E-state index in [4.69, 9.17) is 14.2 Å². The second-order valence-electron chi connectivity index (χ2n) is 5.70. The molecule has 0 saturated heterocycles. The van der Waals surface area contributed by atoms with E-state index in [1.165, 1.54) is 21.3 Å². The first-order chi connectivity index (χ1) is 12.6. The summed E-state index contributed by atoms with van der Waals surface area (Å²) < 4.78 is 15.9. The number of nitrogens with one attached hydrogen (secondary N) is 1. The minimum Gasteiger partial charge on any atom is -0.493 e. The third-order valence-electron chi connectivity index (χ3n) is 4.15. The van der Waals surface area contributed by atoms with E-state index in [-0.39, 0.29) is 5.91 Å². The Labute approximate surface area is 151 Å². The number of benzene rings is 2. The maximum Gasteiger partial charge on any atom is 0.255 e. The van der Waals surface area contributed by atoms with Gasteiger partial charge in [0, 0.05) is 17.1 Å². The van der Waals surface area contributed by atoms with Gasteiger partial charge in [-0.05, 0) is 30.7 Å². The van der Waals surface area contributed by atoms with Crippen LogP contribution in [0.2, 0.25) is 0 Å². The number of amides is 1. The fourth-order valence-corrected chi connectivity index (χ4v) is 2.84. The molecule has 1 amide bonds. The molecular weight excluding hydrogens is 332 g/mol. The van der Waals surface area contributed by atoms with Gasteiger partial charge in [0.2, 0.25) is 5.75 Å². The van der Waals surface area contributed by atoms with E-state index < -0.39 is 0 Å². The molecule has 0 saturated carbocycles. The number of para-hydroxylation sites is 1. The molecule has 0 aliphatic carbocycles. The molecular formula is C20H20N2O4. The maximum atomic E-state index is 12.8. The lowest BCUT2D eigenvalue weighted by molar-refractivity contribution is 0.102. The normalized spacial score (nSPS) is 10.5. The van der Waals surface area contributed by atoms with Gasteiger partial charge in [0.1, 0.15) is 0 Å². The van der Waals surface area contributed by atoms with Crippen LogP contribution in [-0.4, -0.2) is 32.2 Å². The van der Waals surface area contributed by atoms with E-state index in [9.17, 15) is 4.79 Å². The van der Waals surface area contributed by atoms with Crippen molar-refractivity contribution in [3.8, 4) is 17.2 Å². The first-order valence-corrected chi connectivity index (χ1v) is 8.04. The molecule has 3 aromatic rings. The molecule has 0 spiro atoms. The highest BCUT2D eigenvalue weighted by Crippen LogP contribution is 2.38. The van der Waals surface area contributed by atoms with Crippen LogP contribution in [0.25, 0.3) is 10.9 Å². The molecule has 3 rings (SSSR count). The van der Waals surface area contributed by atoms with Crippen molar-refractivity contribution in [2.75, 3.05) is 26.6 Å². The second-order valence-corrected chi connectivity index (χ2v) is 5.70. The lowest BCUT2D eigenvalue weighted by Gasteiger charge is -2.14. The van der Waals surface area contributed by atoms with E-state index in [1.54, 1.807) is 24.4 Å². The van der Waals surface area contributed by atoms with Crippen LogP contribution in [0.15, 0.2) is 42.6 Å². The third kappa shape index (κ3) is 3.13. The number of methoxy groups -OCH3 is 3. The van der Waals surface area contributed by atoms with Crippen molar-refractivity contribution in [3.63, 3.8) is 0 Å². The van der Waals surface area contributed by atoms with Crippen molar-refractivity contribution < 1.29 is 19.0 Å². The lowest BCUT2D eigenvalue weighted by Crippen LogP contribution is -2.13. The lowest BCUT2D eigenvalue weighted by atomic mass is 10.1. The van der Waals surface area contributed by atoms with Crippen LogP contribution in [-0.2, 0) is 0 Å². The Hall–Kier alpha value is -3.28. The van der Waals surface area contributed by atoms with Gasteiger partial charge in [0.15, 0.2) is 11.5 Å². The minimum atomic E-state index is -0.279. The van der Waals surface area contributed by atoms with Crippen molar-refractivity contribution in [1.29, 1.82) is 0 Å². The molecule has 0 unspecified atom stereocenters. The highest BCUT2D eigenvalue weighted by molar-refractivity contribution is 6.09. The van der Waals surface area contributed by atoms with Gasteiger partial charge in [0.05, 0.1) is 32.5 Å². The van der Waals surface area contributed by atoms with Gasteiger partial charge >= 0.3 is 0 Å². The van der Waals surface area contributed by atoms with Crippen molar-refractivity contribution in [3.05, 3.63) is 53.7 Å². The molecule has 0 radical (unpaired) electrons. The zero-order chi connectivity index (χ0) is 18.7. The Bertz CT molecular complexity index is 944. The molecule has 134 valence electrons. The van der Waals surface area contributed by atoms with Crippen LogP contribution in [0.3, 0.4) is 0 Å². The quantitative estimate of drug-likeness (QED) is 0.756. The number of carbonyl (C=O) groups is 1. The molecule has 0 aliphatic heterocycles. The number of hydrogen-bond donors (Lipinski definition) is 1. The summed E-state index contributed by atoms with van der Waals surface area (Å²) in [5.41, 5.74) is 3.00. The zero-order valence-corrected chi connectivity index (χ0v) is 15.1. The monoisotopic (exact) mass is 352 g/mol. The van der Waals surface area contributed by atoms with Crippen LogP contribution in [0.1, 0.15) is 15.9 Å². The van der Waals surface area contributed by atoms with Crippen LogP contribution in [0, 0.1) is 6.92 Å². The van der Waals surface area contributed by atoms with E-state index in [0.717, 1.165) is 16.5 Å². The van der Waals surface area contributed by atoms with Gasteiger partial charge in [-0.1, -0.05) is 18.2 Å². The number of nitrogens with zero attached hydrogens (tertiary/aromatic N) is 1. The number of fused-ring (bicyclic) bond motifs is 1. The Morgan fingerprint density at radius 3 is 2.31 bits per heavy atom. The van der Waals surface area contributed by atoms with Gasteiger partial charge in [-0.15, -0.1) is 0 Å². The van der Waals surface area contributed by atoms with Gasteiger partial charge in [-0.2, -0.15) is 0 Å². The molecule has 0 bridgehead atoms. The summed E-state index contributed by atoms with van der Waals surface area (Å²) >= 11 is 0. The highest BCUT2D eigenvalue weighted by atomic mass is 16.5. The molecule has 1 aromatic heterocycles. The predicted molar refractivity (Wildman–Crippen MR) is 101 cm³/mol. The summed E-state index contributed by atoms with van der Waals surface area (Å²) in [6, 6.07) is 10.9. The van der Waals surface area contributed by atoms with Gasteiger partial charge in [0.25, 0.3) is 5.91 Å². The first kappa shape index (κ1) is 17.5. The number of anilines is 1. The van der Waals surface area contributed by atoms with Crippen LogP contribution in [0.5, 0.6) is 17.2 Å². The van der Waals surface area contributed by atoms with Crippen molar-refractivity contribution in [2.45, 2.75) is 6.92 Å².